The monoisotopic (exact) mass is 306 g/mol. The van der Waals surface area contributed by atoms with E-state index in [1.165, 1.54) is 0 Å². The van der Waals surface area contributed by atoms with Crippen molar-refractivity contribution in [1.82, 2.24) is 9.55 Å². The highest BCUT2D eigenvalue weighted by Crippen LogP contribution is 2.39. The van der Waals surface area contributed by atoms with Gasteiger partial charge < -0.3 is 9.67 Å². The Balaban J connectivity index is 2.75. The normalized spacial score (nSPS) is 12.3. The van der Waals surface area contributed by atoms with Crippen LogP contribution in [0, 0.1) is 13.8 Å². The number of aryl methyl sites for hydroxylation is 2. The molecular weight excluding hydrogens is 295 g/mol. The second-order valence-corrected chi connectivity index (χ2v) is 6.51. The third kappa shape index (κ3) is 2.45. The van der Waals surface area contributed by atoms with E-state index < -0.39 is 3.79 Å². The van der Waals surface area contributed by atoms with Gasteiger partial charge in [-0.15, -0.1) is 0 Å². The summed E-state index contributed by atoms with van der Waals surface area (Å²) in [7, 11) is 0. The first kappa shape index (κ1) is 13.9. The summed E-state index contributed by atoms with van der Waals surface area (Å²) in [4.78, 5) is 4.36. The quantitative estimate of drug-likeness (QED) is 0.863. The molecule has 2 aromatic rings. The Kier molecular flexibility index (Phi) is 3.79. The van der Waals surface area contributed by atoms with Crippen molar-refractivity contribution in [3.8, 4) is 0 Å². The fraction of sp³-hybridized carbons (Fsp3) is 0.417. The molecule has 6 heteroatoms. The maximum Gasteiger partial charge on any atom is 0.248 e. The van der Waals surface area contributed by atoms with Crippen molar-refractivity contribution in [2.75, 3.05) is 6.61 Å². The molecule has 1 N–H and O–H groups in total. The minimum absolute atomic E-state index is 0.0356. The van der Waals surface area contributed by atoms with Crippen molar-refractivity contribution in [2.24, 2.45) is 0 Å². The van der Waals surface area contributed by atoms with Crippen LogP contribution in [0.25, 0.3) is 11.0 Å². The lowest BCUT2D eigenvalue weighted by Crippen LogP contribution is -2.13. The largest absolute Gasteiger partial charge is 0.395 e. The van der Waals surface area contributed by atoms with Gasteiger partial charge in [-0.25, -0.2) is 4.98 Å². The minimum Gasteiger partial charge on any atom is -0.395 e. The summed E-state index contributed by atoms with van der Waals surface area (Å²) in [6.45, 7) is 4.34. The van der Waals surface area contributed by atoms with Crippen LogP contribution in [0.2, 0.25) is 0 Å². The fourth-order valence-corrected chi connectivity index (χ4v) is 2.36. The lowest BCUT2D eigenvalue weighted by atomic mass is 10.1. The van der Waals surface area contributed by atoms with Crippen LogP contribution >= 0.6 is 34.8 Å². The van der Waals surface area contributed by atoms with E-state index in [0.717, 1.165) is 22.2 Å². The van der Waals surface area contributed by atoms with Crippen LogP contribution in [0.15, 0.2) is 12.1 Å². The van der Waals surface area contributed by atoms with Gasteiger partial charge >= 0.3 is 0 Å². The molecule has 0 saturated heterocycles. The van der Waals surface area contributed by atoms with Gasteiger partial charge in [0.1, 0.15) is 0 Å². The maximum atomic E-state index is 9.13. The highest BCUT2D eigenvalue weighted by Gasteiger charge is 2.30. The fourth-order valence-electron chi connectivity index (χ4n) is 1.92. The van der Waals surface area contributed by atoms with Crippen molar-refractivity contribution < 1.29 is 5.11 Å². The van der Waals surface area contributed by atoms with E-state index in [9.17, 15) is 0 Å². The van der Waals surface area contributed by atoms with Crippen molar-refractivity contribution in [3.05, 3.63) is 29.1 Å². The van der Waals surface area contributed by atoms with Crippen LogP contribution in [-0.4, -0.2) is 21.3 Å². The summed E-state index contributed by atoms with van der Waals surface area (Å²) >= 11 is 17.7. The molecule has 1 aromatic heterocycles. The first-order chi connectivity index (χ1) is 8.34. The average Bonchev–Trinajstić information content (AvgIpc) is 2.58. The molecule has 0 atom stereocenters. The molecule has 0 bridgehead atoms. The molecule has 0 fully saturated rings. The zero-order valence-electron chi connectivity index (χ0n) is 10.0. The topological polar surface area (TPSA) is 38.0 Å². The number of aliphatic hydroxyl groups is 1. The lowest BCUT2D eigenvalue weighted by Gasteiger charge is -2.13. The van der Waals surface area contributed by atoms with Gasteiger partial charge in [0.15, 0.2) is 5.82 Å². The van der Waals surface area contributed by atoms with Gasteiger partial charge in [-0.1, -0.05) is 34.8 Å². The highest BCUT2D eigenvalue weighted by molar-refractivity contribution is 6.66. The smallest absolute Gasteiger partial charge is 0.248 e. The van der Waals surface area contributed by atoms with Crippen molar-refractivity contribution in [3.63, 3.8) is 0 Å². The Morgan fingerprint density at radius 1 is 1.22 bits per heavy atom. The van der Waals surface area contributed by atoms with Gasteiger partial charge in [0.05, 0.1) is 17.6 Å². The highest BCUT2D eigenvalue weighted by atomic mass is 35.6. The number of nitrogens with zero attached hydrogens (tertiary/aromatic N) is 2. The van der Waals surface area contributed by atoms with Crippen molar-refractivity contribution in [2.45, 2.75) is 24.2 Å². The SMILES string of the molecule is Cc1cc2nc(C(Cl)(Cl)Cl)n(CCO)c2cc1C. The Morgan fingerprint density at radius 3 is 2.39 bits per heavy atom. The first-order valence-corrected chi connectivity index (χ1v) is 6.63. The molecule has 0 amide bonds. The molecule has 1 aromatic carbocycles. The number of rotatable bonds is 2. The number of benzene rings is 1. The van der Waals surface area contributed by atoms with Gasteiger partial charge in [0.2, 0.25) is 3.79 Å². The molecule has 0 aliphatic carbocycles. The number of aromatic nitrogens is 2. The van der Waals surface area contributed by atoms with Crippen molar-refractivity contribution >= 4 is 45.8 Å². The summed E-state index contributed by atoms with van der Waals surface area (Å²) < 4.78 is 0.144. The number of halogens is 3. The van der Waals surface area contributed by atoms with E-state index in [0.29, 0.717) is 12.4 Å². The zero-order chi connectivity index (χ0) is 13.5. The minimum atomic E-state index is -1.60. The Hall–Kier alpha value is -0.480. The van der Waals surface area contributed by atoms with E-state index in [1.807, 2.05) is 26.0 Å². The molecule has 0 aliphatic rings. The number of hydrogen-bond donors (Lipinski definition) is 1. The van der Waals surface area contributed by atoms with Gasteiger partial charge in [-0.05, 0) is 37.1 Å². The molecule has 0 radical (unpaired) electrons. The zero-order valence-corrected chi connectivity index (χ0v) is 12.3. The summed E-state index contributed by atoms with van der Waals surface area (Å²) in [6.07, 6.45) is 0. The van der Waals surface area contributed by atoms with E-state index >= 15 is 0 Å². The summed E-state index contributed by atoms with van der Waals surface area (Å²) in [6, 6.07) is 3.95. The number of fused-ring (bicyclic) bond motifs is 1. The molecule has 2 rings (SSSR count). The molecule has 0 aliphatic heterocycles. The molecular formula is C12H13Cl3N2O. The summed E-state index contributed by atoms with van der Waals surface area (Å²) in [5.74, 6) is 0.335. The maximum absolute atomic E-state index is 9.13. The number of alkyl halides is 3. The average molecular weight is 308 g/mol. The van der Waals surface area contributed by atoms with Gasteiger partial charge in [-0.3, -0.25) is 0 Å². The predicted octanol–water partition coefficient (Wildman–Crippen LogP) is 3.47. The molecule has 18 heavy (non-hydrogen) atoms. The van der Waals surface area contributed by atoms with Crippen LogP contribution in [-0.2, 0) is 10.3 Å². The predicted molar refractivity (Wildman–Crippen MR) is 75.5 cm³/mol. The van der Waals surface area contributed by atoms with Crippen LogP contribution in [0.3, 0.4) is 0 Å². The van der Waals surface area contributed by atoms with Crippen molar-refractivity contribution in [1.29, 1.82) is 0 Å². The Bertz CT molecular complexity index is 587. The Morgan fingerprint density at radius 2 is 1.83 bits per heavy atom. The van der Waals surface area contributed by atoms with Gasteiger partial charge in [0.25, 0.3) is 0 Å². The van der Waals surface area contributed by atoms with Crippen LogP contribution in [0.5, 0.6) is 0 Å². The van der Waals surface area contributed by atoms with E-state index in [-0.39, 0.29) is 6.61 Å². The molecule has 0 spiro atoms. The first-order valence-electron chi connectivity index (χ1n) is 5.50. The number of hydrogen-bond acceptors (Lipinski definition) is 2. The van der Waals surface area contributed by atoms with E-state index in [1.54, 1.807) is 4.57 Å². The molecule has 98 valence electrons. The second kappa shape index (κ2) is 4.89. The number of imidazole rings is 1. The summed E-state index contributed by atoms with van der Waals surface area (Å²) in [5.41, 5.74) is 3.91. The Labute approximate surface area is 120 Å². The van der Waals surface area contributed by atoms with E-state index in [2.05, 4.69) is 4.98 Å². The summed E-state index contributed by atoms with van der Waals surface area (Å²) in [5, 5.41) is 9.13. The third-order valence-electron chi connectivity index (χ3n) is 2.94. The molecule has 1 heterocycles. The lowest BCUT2D eigenvalue weighted by molar-refractivity contribution is 0.276. The molecule has 0 saturated carbocycles. The van der Waals surface area contributed by atoms with Gasteiger partial charge in [-0.2, -0.15) is 0 Å². The van der Waals surface area contributed by atoms with Crippen LogP contribution in [0.1, 0.15) is 17.0 Å². The third-order valence-corrected chi connectivity index (χ3v) is 3.45. The molecule has 3 nitrogen and oxygen atoms in total. The van der Waals surface area contributed by atoms with Gasteiger partial charge in [0, 0.05) is 6.54 Å². The van der Waals surface area contributed by atoms with E-state index in [4.69, 9.17) is 39.9 Å². The number of aliphatic hydroxyl groups excluding tert-OH is 1. The standard InChI is InChI=1S/C12H13Cl3N2O/c1-7-5-9-10(6-8(7)2)17(3-4-18)11(16-9)12(13,14)15/h5-6,18H,3-4H2,1-2H3. The molecule has 0 unspecified atom stereocenters. The van der Waals surface area contributed by atoms with Crippen LogP contribution in [0.4, 0.5) is 0 Å². The van der Waals surface area contributed by atoms with Crippen LogP contribution < -0.4 is 0 Å². The second-order valence-electron chi connectivity index (χ2n) is 4.23.